The zero-order valence-corrected chi connectivity index (χ0v) is 17.7. The van der Waals surface area contributed by atoms with Gasteiger partial charge < -0.3 is 9.15 Å². The lowest BCUT2D eigenvalue weighted by Gasteiger charge is -2.19. The third kappa shape index (κ3) is 5.06. The van der Waals surface area contributed by atoms with Crippen molar-refractivity contribution in [3.8, 4) is 11.3 Å². The number of furan rings is 1. The Balaban J connectivity index is 1.67. The second kappa shape index (κ2) is 8.55. The van der Waals surface area contributed by atoms with Crippen LogP contribution in [-0.2, 0) is 10.2 Å². The number of nitro groups is 1. The molecule has 0 aliphatic rings. The van der Waals surface area contributed by atoms with Crippen LogP contribution in [0.4, 0.5) is 5.69 Å². The highest BCUT2D eigenvalue weighted by Crippen LogP contribution is 2.26. The van der Waals surface area contributed by atoms with Crippen molar-refractivity contribution in [2.75, 3.05) is 0 Å². The lowest BCUT2D eigenvalue weighted by atomic mass is 9.86. The van der Waals surface area contributed by atoms with Gasteiger partial charge in [0.1, 0.15) is 5.76 Å². The van der Waals surface area contributed by atoms with Gasteiger partial charge in [-0.2, -0.15) is 0 Å². The van der Waals surface area contributed by atoms with E-state index in [1.165, 1.54) is 37.3 Å². The first-order chi connectivity index (χ1) is 14.6. The molecule has 160 valence electrons. The number of hydrogen-bond acceptors (Lipinski definition) is 6. The minimum atomic E-state index is -0.985. The van der Waals surface area contributed by atoms with Gasteiger partial charge >= 0.3 is 5.97 Å². The molecule has 3 aromatic rings. The molecule has 0 amide bonds. The van der Waals surface area contributed by atoms with Gasteiger partial charge in [-0.25, -0.2) is 4.79 Å². The summed E-state index contributed by atoms with van der Waals surface area (Å²) in [5.41, 5.74) is 2.06. The number of ketones is 1. The van der Waals surface area contributed by atoms with Gasteiger partial charge in [-0.15, -0.1) is 0 Å². The fraction of sp³-hybridized carbons (Fsp3) is 0.250. The molecular weight excluding hydrogens is 398 g/mol. The molecule has 7 nitrogen and oxygen atoms in total. The molecule has 31 heavy (non-hydrogen) atoms. The lowest BCUT2D eigenvalue weighted by Crippen LogP contribution is -2.24. The Labute approximate surface area is 179 Å². The van der Waals surface area contributed by atoms with Crippen molar-refractivity contribution in [2.24, 2.45) is 0 Å². The first-order valence-corrected chi connectivity index (χ1v) is 9.76. The van der Waals surface area contributed by atoms with Crippen molar-refractivity contribution < 1.29 is 23.7 Å². The Kier molecular flexibility index (Phi) is 6.06. The molecule has 0 saturated carbocycles. The van der Waals surface area contributed by atoms with E-state index in [-0.39, 0.29) is 22.6 Å². The van der Waals surface area contributed by atoms with E-state index in [0.29, 0.717) is 16.9 Å². The SMILES string of the molecule is C[C@@H](OC(=O)c1ccc(-c2ccc([N+](=O)[O-])cc2)o1)C(=O)c1ccc(C(C)(C)C)cc1. The topological polar surface area (TPSA) is 99.7 Å². The predicted molar refractivity (Wildman–Crippen MR) is 115 cm³/mol. The summed E-state index contributed by atoms with van der Waals surface area (Å²) < 4.78 is 10.8. The summed E-state index contributed by atoms with van der Waals surface area (Å²) in [6.07, 6.45) is -0.985. The van der Waals surface area contributed by atoms with E-state index >= 15 is 0 Å². The van der Waals surface area contributed by atoms with Gasteiger partial charge in [0.05, 0.1) is 4.92 Å². The number of non-ortho nitro benzene ring substituents is 1. The summed E-state index contributed by atoms with van der Waals surface area (Å²) in [5.74, 6) is -0.772. The fourth-order valence-corrected chi connectivity index (χ4v) is 2.99. The van der Waals surface area contributed by atoms with Gasteiger partial charge in [0.15, 0.2) is 6.10 Å². The molecule has 0 fully saturated rings. The van der Waals surface area contributed by atoms with Crippen molar-refractivity contribution in [3.63, 3.8) is 0 Å². The smallest absolute Gasteiger partial charge is 0.374 e. The van der Waals surface area contributed by atoms with Gasteiger partial charge in [-0.05, 0) is 42.2 Å². The number of hydrogen-bond donors (Lipinski definition) is 0. The maximum absolute atomic E-state index is 12.6. The maximum Gasteiger partial charge on any atom is 0.374 e. The Morgan fingerprint density at radius 1 is 0.968 bits per heavy atom. The summed E-state index contributed by atoms with van der Waals surface area (Å²) in [6.45, 7) is 7.77. The van der Waals surface area contributed by atoms with E-state index in [1.807, 2.05) is 12.1 Å². The number of benzene rings is 2. The van der Waals surface area contributed by atoms with E-state index < -0.39 is 17.0 Å². The minimum absolute atomic E-state index is 0.0275. The van der Waals surface area contributed by atoms with Crippen LogP contribution in [-0.4, -0.2) is 22.8 Å². The van der Waals surface area contributed by atoms with Crippen LogP contribution in [0.2, 0.25) is 0 Å². The van der Waals surface area contributed by atoms with E-state index in [1.54, 1.807) is 18.2 Å². The Morgan fingerprint density at radius 2 is 1.58 bits per heavy atom. The van der Waals surface area contributed by atoms with Crippen LogP contribution in [0, 0.1) is 10.1 Å². The number of nitro benzene ring substituents is 1. The van der Waals surface area contributed by atoms with Crippen molar-refractivity contribution in [3.05, 3.63) is 87.7 Å². The van der Waals surface area contributed by atoms with Crippen molar-refractivity contribution in [1.29, 1.82) is 0 Å². The first kappa shape index (κ1) is 22.0. The number of Topliss-reactive ketones (excluding diaryl/α,β-unsaturated/α-hetero) is 1. The molecule has 1 heterocycles. The molecule has 0 bridgehead atoms. The van der Waals surface area contributed by atoms with E-state index in [9.17, 15) is 19.7 Å². The number of rotatable bonds is 6. The normalized spacial score (nSPS) is 12.3. The highest BCUT2D eigenvalue weighted by Gasteiger charge is 2.23. The summed E-state index contributed by atoms with van der Waals surface area (Å²) >= 11 is 0. The average molecular weight is 421 g/mol. The molecule has 0 N–H and O–H groups in total. The second-order valence-corrected chi connectivity index (χ2v) is 8.21. The number of nitrogens with zero attached hydrogens (tertiary/aromatic N) is 1. The standard InChI is InChI=1S/C24H23NO6/c1-15(22(26)17-5-9-18(10-6-17)24(2,3)4)30-23(27)21-14-13-20(31-21)16-7-11-19(12-8-16)25(28)29/h5-15H,1-4H3/t15-/m1/s1. The molecule has 1 atom stereocenters. The van der Waals surface area contributed by atoms with E-state index in [2.05, 4.69) is 20.8 Å². The molecule has 0 spiro atoms. The predicted octanol–water partition coefficient (Wildman–Crippen LogP) is 5.58. The monoisotopic (exact) mass is 421 g/mol. The van der Waals surface area contributed by atoms with Crippen molar-refractivity contribution >= 4 is 17.4 Å². The highest BCUT2D eigenvalue weighted by molar-refractivity contribution is 6.01. The fourth-order valence-electron chi connectivity index (χ4n) is 2.99. The van der Waals surface area contributed by atoms with Gasteiger partial charge in [-0.1, -0.05) is 45.0 Å². The van der Waals surface area contributed by atoms with E-state index in [0.717, 1.165) is 5.56 Å². The van der Waals surface area contributed by atoms with Gasteiger partial charge in [0.25, 0.3) is 5.69 Å². The molecule has 1 aromatic heterocycles. The maximum atomic E-state index is 12.6. The van der Waals surface area contributed by atoms with Gasteiger partial charge in [-0.3, -0.25) is 14.9 Å². The number of ether oxygens (including phenoxy) is 1. The van der Waals surface area contributed by atoms with Crippen LogP contribution < -0.4 is 0 Å². The Hall–Kier alpha value is -3.74. The number of carbonyl (C=O) groups is 2. The average Bonchev–Trinajstić information content (AvgIpc) is 3.23. The van der Waals surface area contributed by atoms with E-state index in [4.69, 9.17) is 9.15 Å². The zero-order chi connectivity index (χ0) is 22.8. The largest absolute Gasteiger partial charge is 0.449 e. The number of esters is 1. The van der Waals surface area contributed by atoms with Crippen LogP contribution in [0.1, 0.15) is 54.2 Å². The molecule has 0 saturated heterocycles. The lowest BCUT2D eigenvalue weighted by molar-refractivity contribution is -0.384. The highest BCUT2D eigenvalue weighted by atomic mass is 16.6. The Bertz CT molecular complexity index is 1100. The second-order valence-electron chi connectivity index (χ2n) is 8.21. The van der Waals surface area contributed by atoms with Crippen LogP contribution in [0.15, 0.2) is 65.1 Å². The number of carbonyl (C=O) groups excluding carboxylic acids is 2. The summed E-state index contributed by atoms with van der Waals surface area (Å²) in [6, 6.07) is 16.0. The minimum Gasteiger partial charge on any atom is -0.449 e. The Morgan fingerprint density at radius 3 is 2.13 bits per heavy atom. The van der Waals surface area contributed by atoms with Crippen molar-refractivity contribution in [1.82, 2.24) is 0 Å². The first-order valence-electron chi connectivity index (χ1n) is 9.76. The third-order valence-electron chi connectivity index (χ3n) is 4.86. The molecule has 2 aromatic carbocycles. The molecule has 3 rings (SSSR count). The molecule has 7 heteroatoms. The van der Waals surface area contributed by atoms with Crippen LogP contribution >= 0.6 is 0 Å². The molecule has 0 aliphatic carbocycles. The zero-order valence-electron chi connectivity index (χ0n) is 17.7. The summed E-state index contributed by atoms with van der Waals surface area (Å²) in [7, 11) is 0. The molecular formula is C24H23NO6. The third-order valence-corrected chi connectivity index (χ3v) is 4.86. The van der Waals surface area contributed by atoms with Crippen LogP contribution in [0.3, 0.4) is 0 Å². The van der Waals surface area contributed by atoms with Gasteiger partial charge in [0.2, 0.25) is 11.5 Å². The van der Waals surface area contributed by atoms with Crippen LogP contribution in [0.25, 0.3) is 11.3 Å². The van der Waals surface area contributed by atoms with Crippen molar-refractivity contribution in [2.45, 2.75) is 39.2 Å². The molecule has 0 radical (unpaired) electrons. The molecule has 0 unspecified atom stereocenters. The summed E-state index contributed by atoms with van der Waals surface area (Å²) in [4.78, 5) is 35.3. The quantitative estimate of drug-likeness (QED) is 0.223. The summed E-state index contributed by atoms with van der Waals surface area (Å²) in [5, 5.41) is 10.8. The van der Waals surface area contributed by atoms with Gasteiger partial charge in [0, 0.05) is 23.3 Å². The van der Waals surface area contributed by atoms with Crippen LogP contribution in [0.5, 0.6) is 0 Å². The molecule has 0 aliphatic heterocycles.